The summed E-state index contributed by atoms with van der Waals surface area (Å²) in [6.07, 6.45) is 1.79. The van der Waals surface area contributed by atoms with Crippen molar-refractivity contribution in [1.29, 1.82) is 0 Å². The van der Waals surface area contributed by atoms with Crippen molar-refractivity contribution in [3.8, 4) is 11.5 Å². The molecule has 1 aromatic carbocycles. The summed E-state index contributed by atoms with van der Waals surface area (Å²) >= 11 is 2.77. The van der Waals surface area contributed by atoms with Crippen LogP contribution < -0.4 is 24.4 Å². The summed E-state index contributed by atoms with van der Waals surface area (Å²) in [5.41, 5.74) is 1.53. The van der Waals surface area contributed by atoms with Crippen LogP contribution in [0.2, 0.25) is 0 Å². The molecular formula is C23H22N2O5S2. The number of allylic oxidation sites excluding steroid dienone is 1. The molecule has 4 rings (SSSR count). The number of hydrogen-bond donors (Lipinski definition) is 0. The van der Waals surface area contributed by atoms with Crippen molar-refractivity contribution < 1.29 is 19.0 Å². The molecule has 0 saturated carbocycles. The number of benzene rings is 1. The zero-order valence-corrected chi connectivity index (χ0v) is 19.7. The predicted molar refractivity (Wildman–Crippen MR) is 124 cm³/mol. The summed E-state index contributed by atoms with van der Waals surface area (Å²) in [4.78, 5) is 32.3. The molecule has 7 nitrogen and oxygen atoms in total. The summed E-state index contributed by atoms with van der Waals surface area (Å²) in [7, 11) is 3.14. The Hall–Kier alpha value is -3.17. The molecule has 1 aliphatic rings. The van der Waals surface area contributed by atoms with Crippen LogP contribution in [0, 0.1) is 0 Å². The van der Waals surface area contributed by atoms with Crippen molar-refractivity contribution in [2.75, 3.05) is 20.8 Å². The second-order valence-corrected chi connectivity index (χ2v) is 8.92. The quantitative estimate of drug-likeness (QED) is 0.518. The zero-order valence-electron chi connectivity index (χ0n) is 18.1. The smallest absolute Gasteiger partial charge is 0.338 e. The second-order valence-electron chi connectivity index (χ2n) is 6.93. The van der Waals surface area contributed by atoms with Gasteiger partial charge in [-0.3, -0.25) is 9.36 Å². The van der Waals surface area contributed by atoms with E-state index in [4.69, 9.17) is 14.2 Å². The normalized spacial score (nSPS) is 15.9. The van der Waals surface area contributed by atoms with Gasteiger partial charge in [-0.2, -0.15) is 0 Å². The van der Waals surface area contributed by atoms with Gasteiger partial charge in [-0.05, 0) is 49.1 Å². The van der Waals surface area contributed by atoms with E-state index in [0.29, 0.717) is 32.1 Å². The molecule has 2 aromatic heterocycles. The molecular weight excluding hydrogens is 448 g/mol. The van der Waals surface area contributed by atoms with E-state index in [1.807, 2.05) is 29.6 Å². The Balaban J connectivity index is 1.90. The molecule has 32 heavy (non-hydrogen) atoms. The van der Waals surface area contributed by atoms with Gasteiger partial charge in [0.25, 0.3) is 5.56 Å². The highest BCUT2D eigenvalue weighted by Crippen LogP contribution is 2.33. The summed E-state index contributed by atoms with van der Waals surface area (Å²) in [5, 5.41) is 1.92. The second kappa shape index (κ2) is 9.13. The van der Waals surface area contributed by atoms with Gasteiger partial charge in [-0.25, -0.2) is 9.79 Å². The molecule has 0 unspecified atom stereocenters. The molecule has 0 aliphatic carbocycles. The number of esters is 1. The van der Waals surface area contributed by atoms with E-state index in [9.17, 15) is 9.59 Å². The van der Waals surface area contributed by atoms with E-state index < -0.39 is 12.0 Å². The average molecular weight is 471 g/mol. The standard InChI is InChI=1S/C23H22N2O5S2/c1-5-30-22(27)19-13(2)24-23-25(20(19)17-7-6-10-31-17)21(26)18(32-23)12-14-8-9-15(28-3)16(11-14)29-4/h6-12,20H,5H2,1-4H3/t20-/m1/s1. The van der Waals surface area contributed by atoms with Gasteiger partial charge in [0.05, 0.1) is 36.6 Å². The van der Waals surface area contributed by atoms with Gasteiger partial charge < -0.3 is 14.2 Å². The van der Waals surface area contributed by atoms with Crippen LogP contribution in [0.3, 0.4) is 0 Å². The maximum absolute atomic E-state index is 13.5. The third-order valence-corrected chi connectivity index (χ3v) is 6.94. The Morgan fingerprint density at radius 2 is 2.00 bits per heavy atom. The van der Waals surface area contributed by atoms with E-state index in [0.717, 1.165) is 10.4 Å². The molecule has 1 aliphatic heterocycles. The van der Waals surface area contributed by atoms with Crippen molar-refractivity contribution >= 4 is 34.7 Å². The molecule has 0 fully saturated rings. The fourth-order valence-corrected chi connectivity index (χ4v) is 5.47. The number of nitrogens with zero attached hydrogens (tertiary/aromatic N) is 2. The number of methoxy groups -OCH3 is 2. The minimum Gasteiger partial charge on any atom is -0.493 e. The first kappa shape index (κ1) is 22.0. The summed E-state index contributed by atoms with van der Waals surface area (Å²) in [5.74, 6) is 0.728. The lowest BCUT2D eigenvalue weighted by Crippen LogP contribution is -2.39. The summed E-state index contributed by atoms with van der Waals surface area (Å²) in [6, 6.07) is 8.70. The van der Waals surface area contributed by atoms with Crippen molar-refractivity contribution in [3.05, 3.63) is 77.1 Å². The predicted octanol–water partition coefficient (Wildman–Crippen LogP) is 2.88. The maximum atomic E-state index is 13.5. The topological polar surface area (TPSA) is 79.1 Å². The highest BCUT2D eigenvalue weighted by molar-refractivity contribution is 7.10. The Morgan fingerprint density at radius 1 is 1.22 bits per heavy atom. The first-order chi connectivity index (χ1) is 15.5. The average Bonchev–Trinajstić information content (AvgIpc) is 3.41. The van der Waals surface area contributed by atoms with Crippen LogP contribution in [0.5, 0.6) is 11.5 Å². The monoisotopic (exact) mass is 470 g/mol. The number of aromatic nitrogens is 1. The first-order valence-electron chi connectivity index (χ1n) is 9.93. The van der Waals surface area contributed by atoms with E-state index >= 15 is 0 Å². The number of rotatable bonds is 6. The molecule has 0 N–H and O–H groups in total. The van der Waals surface area contributed by atoms with Crippen LogP contribution in [-0.4, -0.2) is 31.4 Å². The van der Waals surface area contributed by atoms with Crippen molar-refractivity contribution in [2.45, 2.75) is 19.9 Å². The number of thiazole rings is 1. The number of thiophene rings is 1. The molecule has 0 radical (unpaired) electrons. The summed E-state index contributed by atoms with van der Waals surface area (Å²) in [6.45, 7) is 3.78. The lowest BCUT2D eigenvalue weighted by Gasteiger charge is -2.23. The van der Waals surface area contributed by atoms with Crippen LogP contribution in [0.1, 0.15) is 30.3 Å². The highest BCUT2D eigenvalue weighted by atomic mass is 32.1. The number of fused-ring (bicyclic) bond motifs is 1. The first-order valence-corrected chi connectivity index (χ1v) is 11.6. The van der Waals surface area contributed by atoms with Crippen molar-refractivity contribution in [2.24, 2.45) is 4.99 Å². The van der Waals surface area contributed by atoms with E-state index in [1.165, 1.54) is 22.7 Å². The van der Waals surface area contributed by atoms with E-state index in [-0.39, 0.29) is 12.2 Å². The third kappa shape index (κ3) is 3.89. The van der Waals surface area contributed by atoms with Crippen LogP contribution in [0.4, 0.5) is 0 Å². The minimum absolute atomic E-state index is 0.212. The van der Waals surface area contributed by atoms with Crippen LogP contribution in [0.25, 0.3) is 6.08 Å². The highest BCUT2D eigenvalue weighted by Gasteiger charge is 2.33. The van der Waals surface area contributed by atoms with E-state index in [1.54, 1.807) is 44.8 Å². The van der Waals surface area contributed by atoms with E-state index in [2.05, 4.69) is 4.99 Å². The van der Waals surface area contributed by atoms with Gasteiger partial charge in [0, 0.05) is 4.88 Å². The fourth-order valence-electron chi connectivity index (χ4n) is 3.60. The number of hydrogen-bond acceptors (Lipinski definition) is 8. The Morgan fingerprint density at radius 3 is 2.66 bits per heavy atom. The van der Waals surface area contributed by atoms with Crippen LogP contribution in [0.15, 0.2) is 56.8 Å². The third-order valence-electron chi connectivity index (χ3n) is 5.04. The molecule has 3 aromatic rings. The van der Waals surface area contributed by atoms with Gasteiger partial charge >= 0.3 is 5.97 Å². The van der Waals surface area contributed by atoms with Gasteiger partial charge in [-0.1, -0.05) is 23.5 Å². The Labute approximate surface area is 192 Å². The zero-order chi connectivity index (χ0) is 22.8. The number of carbonyl (C=O) groups is 1. The maximum Gasteiger partial charge on any atom is 0.338 e. The molecule has 0 amide bonds. The summed E-state index contributed by atoms with van der Waals surface area (Å²) < 4.78 is 18.0. The fraction of sp³-hybridized carbons (Fsp3) is 0.261. The molecule has 166 valence electrons. The van der Waals surface area contributed by atoms with Crippen molar-refractivity contribution in [3.63, 3.8) is 0 Å². The van der Waals surface area contributed by atoms with Gasteiger partial charge in [0.1, 0.15) is 6.04 Å². The number of carbonyl (C=O) groups excluding carboxylic acids is 1. The van der Waals surface area contributed by atoms with Gasteiger partial charge in [-0.15, -0.1) is 11.3 Å². The molecule has 3 heterocycles. The van der Waals surface area contributed by atoms with Crippen LogP contribution in [-0.2, 0) is 9.53 Å². The Bertz CT molecular complexity index is 1370. The number of ether oxygens (including phenoxy) is 3. The minimum atomic E-state index is -0.571. The molecule has 1 atom stereocenters. The SMILES string of the molecule is CCOC(=O)C1=C(C)N=c2sc(=Cc3ccc(OC)c(OC)c3)c(=O)n2[C@@H]1c1cccs1. The van der Waals surface area contributed by atoms with Crippen molar-refractivity contribution in [1.82, 2.24) is 4.57 Å². The van der Waals surface area contributed by atoms with Gasteiger partial charge in [0.15, 0.2) is 16.3 Å². The largest absolute Gasteiger partial charge is 0.493 e. The lowest BCUT2D eigenvalue weighted by atomic mass is 10.0. The molecule has 0 saturated heterocycles. The molecule has 9 heteroatoms. The van der Waals surface area contributed by atoms with Gasteiger partial charge in [0.2, 0.25) is 0 Å². The lowest BCUT2D eigenvalue weighted by molar-refractivity contribution is -0.139. The Kier molecular flexibility index (Phi) is 6.29. The van der Waals surface area contributed by atoms with Crippen LogP contribution >= 0.6 is 22.7 Å². The molecule has 0 spiro atoms. The molecule has 0 bridgehead atoms.